The average molecular weight is 366 g/mol. The summed E-state index contributed by atoms with van der Waals surface area (Å²) in [6.07, 6.45) is 6.06. The highest BCUT2D eigenvalue weighted by Crippen LogP contribution is 2.28. The van der Waals surface area contributed by atoms with E-state index in [0.29, 0.717) is 5.69 Å². The van der Waals surface area contributed by atoms with Crippen LogP contribution >= 0.6 is 0 Å². The van der Waals surface area contributed by atoms with Crippen molar-refractivity contribution in [2.75, 3.05) is 11.0 Å². The van der Waals surface area contributed by atoms with E-state index < -0.39 is 10.0 Å². The Bertz CT molecular complexity index is 1020. The van der Waals surface area contributed by atoms with Crippen molar-refractivity contribution in [1.29, 1.82) is 0 Å². The molecule has 3 aromatic rings. The number of aryl methyl sites for hydroxylation is 1. The minimum absolute atomic E-state index is 0.552. The molecule has 4 nitrogen and oxygen atoms in total. The number of hydrogen-bond acceptors (Lipinski definition) is 2. The number of anilines is 1. The van der Waals surface area contributed by atoms with Gasteiger partial charge in [-0.05, 0) is 53.5 Å². The Morgan fingerprint density at radius 1 is 1.08 bits per heavy atom. The molecule has 5 heteroatoms. The zero-order chi connectivity index (χ0) is 18.6. The lowest BCUT2D eigenvalue weighted by Gasteiger charge is -2.12. The van der Waals surface area contributed by atoms with Crippen LogP contribution in [0.3, 0.4) is 0 Å². The number of rotatable bonds is 6. The third-order valence-corrected chi connectivity index (χ3v) is 4.68. The quantitative estimate of drug-likeness (QED) is 0.629. The highest BCUT2D eigenvalue weighted by Gasteiger charge is 2.10. The van der Waals surface area contributed by atoms with Crippen LogP contribution < -0.4 is 4.72 Å². The predicted molar refractivity (Wildman–Crippen MR) is 108 cm³/mol. The lowest BCUT2D eigenvalue weighted by Crippen LogP contribution is -2.09. The topological polar surface area (TPSA) is 62.0 Å². The lowest BCUT2D eigenvalue weighted by molar-refractivity contribution is 0.607. The summed E-state index contributed by atoms with van der Waals surface area (Å²) in [6, 6.07) is 19.7. The van der Waals surface area contributed by atoms with Crippen molar-refractivity contribution in [3.05, 3.63) is 89.2 Å². The summed E-state index contributed by atoms with van der Waals surface area (Å²) in [5.41, 5.74) is 6.00. The van der Waals surface area contributed by atoms with Gasteiger partial charge >= 0.3 is 0 Å². The van der Waals surface area contributed by atoms with Gasteiger partial charge < -0.3 is 4.98 Å². The predicted octanol–water partition coefficient (Wildman–Crippen LogP) is 4.54. The fraction of sp³-hybridized carbons (Fsp3) is 0.143. The van der Waals surface area contributed by atoms with Gasteiger partial charge in [0.1, 0.15) is 0 Å². The molecule has 1 heterocycles. The maximum absolute atomic E-state index is 11.5. The summed E-state index contributed by atoms with van der Waals surface area (Å²) in [5.74, 6) is 0. The van der Waals surface area contributed by atoms with Gasteiger partial charge in [0.25, 0.3) is 0 Å². The SMILES string of the molecule is CCc1ccccc1/C(=C/c1cccc(NS(C)(=O)=O)c1)c1ccc[nH]1. The molecule has 26 heavy (non-hydrogen) atoms. The van der Waals surface area contributed by atoms with Gasteiger partial charge in [0, 0.05) is 23.2 Å². The molecule has 1 aromatic heterocycles. The maximum atomic E-state index is 11.5. The zero-order valence-electron chi connectivity index (χ0n) is 14.9. The molecule has 0 spiro atoms. The second kappa shape index (κ2) is 7.62. The molecule has 2 aromatic carbocycles. The van der Waals surface area contributed by atoms with E-state index in [9.17, 15) is 8.42 Å². The number of sulfonamides is 1. The number of aromatic amines is 1. The van der Waals surface area contributed by atoms with Crippen molar-refractivity contribution in [3.8, 4) is 0 Å². The lowest BCUT2D eigenvalue weighted by atomic mass is 9.94. The molecule has 0 bridgehead atoms. The van der Waals surface area contributed by atoms with Crippen LogP contribution in [0.15, 0.2) is 66.9 Å². The molecule has 0 unspecified atom stereocenters. The average Bonchev–Trinajstić information content (AvgIpc) is 3.13. The van der Waals surface area contributed by atoms with Crippen molar-refractivity contribution < 1.29 is 8.42 Å². The van der Waals surface area contributed by atoms with E-state index in [2.05, 4.69) is 34.8 Å². The van der Waals surface area contributed by atoms with Crippen molar-refractivity contribution >= 4 is 27.4 Å². The highest BCUT2D eigenvalue weighted by atomic mass is 32.2. The van der Waals surface area contributed by atoms with Crippen LogP contribution in [0.2, 0.25) is 0 Å². The van der Waals surface area contributed by atoms with Gasteiger partial charge in [-0.15, -0.1) is 0 Å². The fourth-order valence-electron chi connectivity index (χ4n) is 2.96. The molecule has 0 aliphatic heterocycles. The van der Waals surface area contributed by atoms with Crippen LogP contribution in [-0.2, 0) is 16.4 Å². The molecule has 0 saturated carbocycles. The van der Waals surface area contributed by atoms with E-state index in [-0.39, 0.29) is 0 Å². The number of aromatic nitrogens is 1. The minimum Gasteiger partial charge on any atom is -0.361 e. The number of hydrogen-bond donors (Lipinski definition) is 2. The molecular formula is C21H22N2O2S. The van der Waals surface area contributed by atoms with E-state index >= 15 is 0 Å². The first-order valence-electron chi connectivity index (χ1n) is 8.48. The fourth-order valence-corrected chi connectivity index (χ4v) is 3.52. The van der Waals surface area contributed by atoms with Gasteiger partial charge in [-0.3, -0.25) is 4.72 Å². The first-order chi connectivity index (χ1) is 12.5. The van der Waals surface area contributed by atoms with Crippen LogP contribution in [0, 0.1) is 0 Å². The van der Waals surface area contributed by atoms with Crippen LogP contribution in [0.25, 0.3) is 11.6 Å². The molecule has 3 rings (SSSR count). The Hall–Kier alpha value is -2.79. The Morgan fingerprint density at radius 3 is 2.58 bits per heavy atom. The van der Waals surface area contributed by atoms with Crippen LogP contribution in [0.4, 0.5) is 5.69 Å². The number of benzene rings is 2. The minimum atomic E-state index is -3.31. The van der Waals surface area contributed by atoms with Crippen molar-refractivity contribution in [2.24, 2.45) is 0 Å². The first-order valence-corrected chi connectivity index (χ1v) is 10.4. The maximum Gasteiger partial charge on any atom is 0.229 e. The van der Waals surface area contributed by atoms with Crippen molar-refractivity contribution in [1.82, 2.24) is 4.98 Å². The highest BCUT2D eigenvalue weighted by molar-refractivity contribution is 7.92. The van der Waals surface area contributed by atoms with Gasteiger partial charge in [-0.25, -0.2) is 8.42 Å². The Kier molecular flexibility index (Phi) is 5.28. The Balaban J connectivity index is 2.10. The molecule has 0 atom stereocenters. The summed E-state index contributed by atoms with van der Waals surface area (Å²) in [7, 11) is -3.31. The summed E-state index contributed by atoms with van der Waals surface area (Å²) < 4.78 is 25.5. The van der Waals surface area contributed by atoms with Gasteiger partial charge in [-0.2, -0.15) is 0 Å². The van der Waals surface area contributed by atoms with Crippen molar-refractivity contribution in [2.45, 2.75) is 13.3 Å². The third-order valence-electron chi connectivity index (χ3n) is 4.08. The number of H-pyrrole nitrogens is 1. The molecule has 134 valence electrons. The second-order valence-corrected chi connectivity index (χ2v) is 7.90. The molecule has 0 aliphatic rings. The molecule has 0 saturated heterocycles. The van der Waals surface area contributed by atoms with Gasteiger partial charge in [0.2, 0.25) is 10.0 Å². The summed E-state index contributed by atoms with van der Waals surface area (Å²) in [5, 5.41) is 0. The molecule has 0 aliphatic carbocycles. The van der Waals surface area contributed by atoms with Gasteiger partial charge in [0.05, 0.1) is 6.26 Å². The monoisotopic (exact) mass is 366 g/mol. The van der Waals surface area contributed by atoms with E-state index in [0.717, 1.165) is 29.5 Å². The summed E-state index contributed by atoms with van der Waals surface area (Å²) in [6.45, 7) is 2.14. The van der Waals surface area contributed by atoms with E-state index in [1.807, 2.05) is 48.7 Å². The van der Waals surface area contributed by atoms with Gasteiger partial charge in [0.15, 0.2) is 0 Å². The molecule has 0 fully saturated rings. The Labute approximate surface area is 154 Å². The van der Waals surface area contributed by atoms with Crippen LogP contribution in [0.1, 0.15) is 29.3 Å². The molecule has 0 amide bonds. The molecule has 2 N–H and O–H groups in total. The van der Waals surface area contributed by atoms with Crippen LogP contribution in [0.5, 0.6) is 0 Å². The Morgan fingerprint density at radius 2 is 1.88 bits per heavy atom. The normalized spacial score (nSPS) is 12.2. The van der Waals surface area contributed by atoms with Crippen molar-refractivity contribution in [3.63, 3.8) is 0 Å². The van der Waals surface area contributed by atoms with E-state index in [1.165, 1.54) is 11.1 Å². The largest absolute Gasteiger partial charge is 0.361 e. The molecular weight excluding hydrogens is 344 g/mol. The summed E-state index contributed by atoms with van der Waals surface area (Å²) >= 11 is 0. The van der Waals surface area contributed by atoms with Crippen LogP contribution in [-0.4, -0.2) is 19.7 Å². The zero-order valence-corrected chi connectivity index (χ0v) is 15.7. The third kappa shape index (κ3) is 4.43. The number of nitrogens with one attached hydrogen (secondary N) is 2. The second-order valence-electron chi connectivity index (χ2n) is 6.15. The molecule has 0 radical (unpaired) electrons. The smallest absolute Gasteiger partial charge is 0.229 e. The summed E-state index contributed by atoms with van der Waals surface area (Å²) in [4.78, 5) is 3.28. The van der Waals surface area contributed by atoms with Gasteiger partial charge in [-0.1, -0.05) is 43.3 Å². The van der Waals surface area contributed by atoms with E-state index in [4.69, 9.17) is 0 Å². The standard InChI is InChI=1S/C21H22N2O2S/c1-3-17-9-4-5-11-19(17)20(21-12-7-13-22-21)15-16-8-6-10-18(14-16)23-26(2,24)25/h4-15,22-23H,3H2,1-2H3/b20-15-. The van der Waals surface area contributed by atoms with E-state index in [1.54, 1.807) is 6.07 Å². The first kappa shape index (κ1) is 18.0.